The Morgan fingerprint density at radius 1 is 1.21 bits per heavy atom. The second-order valence-corrected chi connectivity index (χ2v) is 4.38. The SMILES string of the molecule is C=C(C)C(=O)CN(C)C(=O)OC(C)(C)OC(=O)OC. The summed E-state index contributed by atoms with van der Waals surface area (Å²) in [6.07, 6.45) is -1.78. The minimum absolute atomic E-state index is 0.164. The van der Waals surface area contributed by atoms with Crippen LogP contribution in [0.25, 0.3) is 0 Å². The summed E-state index contributed by atoms with van der Waals surface area (Å²) in [4.78, 5) is 35.1. The Labute approximate surface area is 112 Å². The van der Waals surface area contributed by atoms with Crippen molar-refractivity contribution >= 4 is 18.0 Å². The van der Waals surface area contributed by atoms with E-state index < -0.39 is 18.0 Å². The molecule has 0 aliphatic carbocycles. The number of carbonyl (C=O) groups excluding carboxylic acids is 3. The first-order chi connectivity index (χ1) is 8.59. The van der Waals surface area contributed by atoms with E-state index in [9.17, 15) is 14.4 Å². The largest absolute Gasteiger partial charge is 0.511 e. The van der Waals surface area contributed by atoms with Crippen LogP contribution in [0.5, 0.6) is 0 Å². The van der Waals surface area contributed by atoms with Gasteiger partial charge in [0.15, 0.2) is 5.78 Å². The van der Waals surface area contributed by atoms with Crippen molar-refractivity contribution in [1.82, 2.24) is 4.90 Å². The highest BCUT2D eigenvalue weighted by Gasteiger charge is 2.30. The molecule has 0 spiro atoms. The fourth-order valence-electron chi connectivity index (χ4n) is 0.966. The Hall–Kier alpha value is -2.05. The van der Waals surface area contributed by atoms with Crippen LogP contribution in [0.2, 0.25) is 0 Å². The van der Waals surface area contributed by atoms with Gasteiger partial charge in [-0.15, -0.1) is 0 Å². The smallest absolute Gasteiger partial charge is 0.438 e. The van der Waals surface area contributed by atoms with Crippen molar-refractivity contribution in [1.29, 1.82) is 0 Å². The minimum atomic E-state index is -1.50. The molecule has 108 valence electrons. The van der Waals surface area contributed by atoms with Crippen LogP contribution in [0.3, 0.4) is 0 Å². The second-order valence-electron chi connectivity index (χ2n) is 4.38. The molecule has 1 amide bonds. The van der Waals surface area contributed by atoms with Gasteiger partial charge in [-0.2, -0.15) is 0 Å². The van der Waals surface area contributed by atoms with Gasteiger partial charge in [0.05, 0.1) is 13.7 Å². The van der Waals surface area contributed by atoms with Crippen LogP contribution < -0.4 is 0 Å². The third-order valence-electron chi connectivity index (χ3n) is 2.00. The summed E-state index contributed by atoms with van der Waals surface area (Å²) >= 11 is 0. The highest BCUT2D eigenvalue weighted by Crippen LogP contribution is 2.14. The predicted octanol–water partition coefficient (Wildman–Crippen LogP) is 1.72. The van der Waals surface area contributed by atoms with Gasteiger partial charge in [-0.25, -0.2) is 9.59 Å². The highest BCUT2D eigenvalue weighted by molar-refractivity contribution is 5.97. The summed E-state index contributed by atoms with van der Waals surface area (Å²) in [5, 5.41) is 0. The fourth-order valence-corrected chi connectivity index (χ4v) is 0.966. The Bertz CT molecular complexity index is 388. The molecule has 0 atom stereocenters. The molecule has 19 heavy (non-hydrogen) atoms. The van der Waals surface area contributed by atoms with Gasteiger partial charge in [0, 0.05) is 20.9 Å². The van der Waals surface area contributed by atoms with Gasteiger partial charge < -0.3 is 19.1 Å². The van der Waals surface area contributed by atoms with E-state index >= 15 is 0 Å². The molecular formula is C12H19NO6. The lowest BCUT2D eigenvalue weighted by Crippen LogP contribution is -2.40. The lowest BCUT2D eigenvalue weighted by molar-refractivity contribution is -0.155. The van der Waals surface area contributed by atoms with Crippen LogP contribution >= 0.6 is 0 Å². The van der Waals surface area contributed by atoms with Crippen LogP contribution in [0.1, 0.15) is 20.8 Å². The summed E-state index contributed by atoms with van der Waals surface area (Å²) < 4.78 is 14.0. The van der Waals surface area contributed by atoms with Gasteiger partial charge in [0.2, 0.25) is 0 Å². The molecule has 0 rings (SSSR count). The molecule has 0 saturated heterocycles. The number of ketones is 1. The van der Waals surface area contributed by atoms with Gasteiger partial charge in [0.1, 0.15) is 0 Å². The van der Waals surface area contributed by atoms with Gasteiger partial charge in [-0.3, -0.25) is 4.79 Å². The molecule has 7 nitrogen and oxygen atoms in total. The van der Waals surface area contributed by atoms with Gasteiger partial charge in [-0.1, -0.05) is 6.58 Å². The van der Waals surface area contributed by atoms with Crippen molar-refractivity contribution in [2.45, 2.75) is 26.6 Å². The maximum atomic E-state index is 11.7. The molecule has 0 bridgehead atoms. The second kappa shape index (κ2) is 6.77. The lowest BCUT2D eigenvalue weighted by Gasteiger charge is -2.26. The third-order valence-corrected chi connectivity index (χ3v) is 2.00. The molecule has 0 aromatic rings. The van der Waals surface area contributed by atoms with Crippen LogP contribution in [-0.4, -0.2) is 49.4 Å². The van der Waals surface area contributed by atoms with Crippen molar-refractivity contribution in [3.63, 3.8) is 0 Å². The quantitative estimate of drug-likeness (QED) is 0.431. The van der Waals surface area contributed by atoms with Gasteiger partial charge >= 0.3 is 12.2 Å². The first kappa shape index (κ1) is 16.9. The van der Waals surface area contributed by atoms with Gasteiger partial charge in [-0.05, 0) is 12.5 Å². The molecule has 0 aromatic carbocycles. The molecule has 0 aromatic heterocycles. The lowest BCUT2D eigenvalue weighted by atomic mass is 10.2. The molecule has 0 unspecified atom stereocenters. The molecule has 0 saturated carbocycles. The van der Waals surface area contributed by atoms with Crippen molar-refractivity contribution in [2.24, 2.45) is 0 Å². The Morgan fingerprint density at radius 2 is 1.74 bits per heavy atom. The number of hydrogen-bond donors (Lipinski definition) is 0. The summed E-state index contributed by atoms with van der Waals surface area (Å²) in [7, 11) is 2.52. The highest BCUT2D eigenvalue weighted by atomic mass is 16.8. The summed E-state index contributed by atoms with van der Waals surface area (Å²) in [6.45, 7) is 7.60. The van der Waals surface area contributed by atoms with E-state index in [0.29, 0.717) is 5.57 Å². The molecular weight excluding hydrogens is 254 g/mol. The minimum Gasteiger partial charge on any atom is -0.438 e. The van der Waals surface area contributed by atoms with Crippen molar-refractivity contribution in [3.8, 4) is 0 Å². The number of amides is 1. The zero-order chi connectivity index (χ0) is 15.2. The molecule has 0 radical (unpaired) electrons. The number of rotatable bonds is 5. The van der Waals surface area contributed by atoms with Crippen LogP contribution in [0, 0.1) is 0 Å². The van der Waals surface area contributed by atoms with E-state index in [0.717, 1.165) is 12.0 Å². The number of Topliss-reactive ketones (excluding diaryl/α,β-unsaturated/α-hetero) is 1. The zero-order valence-corrected chi connectivity index (χ0v) is 11.8. The Kier molecular flexibility index (Phi) is 6.04. The topological polar surface area (TPSA) is 82.1 Å². The molecule has 0 aliphatic rings. The fraction of sp³-hybridized carbons (Fsp3) is 0.583. The Morgan fingerprint density at radius 3 is 2.16 bits per heavy atom. The van der Waals surface area contributed by atoms with E-state index in [-0.39, 0.29) is 12.3 Å². The van der Waals surface area contributed by atoms with Gasteiger partial charge in [0.25, 0.3) is 5.79 Å². The Balaban J connectivity index is 4.47. The van der Waals surface area contributed by atoms with Crippen LogP contribution in [0.4, 0.5) is 9.59 Å². The first-order valence-electron chi connectivity index (χ1n) is 5.49. The molecule has 0 N–H and O–H groups in total. The van der Waals surface area contributed by atoms with E-state index in [1.54, 1.807) is 6.92 Å². The van der Waals surface area contributed by atoms with Crippen LogP contribution in [-0.2, 0) is 19.0 Å². The normalized spacial score (nSPS) is 10.4. The maximum Gasteiger partial charge on any atom is 0.511 e. The summed E-state index contributed by atoms with van der Waals surface area (Å²) in [6, 6.07) is 0. The third kappa shape index (κ3) is 6.44. The predicted molar refractivity (Wildman–Crippen MR) is 66.5 cm³/mol. The van der Waals surface area contributed by atoms with E-state index in [1.807, 2.05) is 0 Å². The summed E-state index contributed by atoms with van der Waals surface area (Å²) in [5.41, 5.74) is 0.338. The molecule has 7 heteroatoms. The monoisotopic (exact) mass is 273 g/mol. The maximum absolute atomic E-state index is 11.7. The van der Waals surface area contributed by atoms with Crippen LogP contribution in [0.15, 0.2) is 12.2 Å². The van der Waals surface area contributed by atoms with Crippen molar-refractivity contribution < 1.29 is 28.6 Å². The summed E-state index contributed by atoms with van der Waals surface area (Å²) in [5.74, 6) is -1.78. The zero-order valence-electron chi connectivity index (χ0n) is 11.8. The number of carbonyl (C=O) groups is 3. The van der Waals surface area contributed by atoms with E-state index in [4.69, 9.17) is 9.47 Å². The molecule has 0 fully saturated rings. The molecule has 0 aliphatic heterocycles. The van der Waals surface area contributed by atoms with Crippen molar-refractivity contribution in [3.05, 3.63) is 12.2 Å². The number of methoxy groups -OCH3 is 1. The average molecular weight is 273 g/mol. The van der Waals surface area contributed by atoms with E-state index in [1.165, 1.54) is 20.9 Å². The number of likely N-dealkylation sites (N-methyl/N-ethyl adjacent to an activating group) is 1. The van der Waals surface area contributed by atoms with E-state index in [2.05, 4.69) is 11.3 Å². The average Bonchev–Trinajstić information content (AvgIpc) is 2.26. The molecule has 0 heterocycles. The van der Waals surface area contributed by atoms with Crippen molar-refractivity contribution in [2.75, 3.05) is 20.7 Å². The standard InChI is InChI=1S/C12H19NO6/c1-8(2)9(14)7-13(5)10(15)18-12(3,4)19-11(16)17-6/h1,7H2,2-6H3. The number of hydrogen-bond acceptors (Lipinski definition) is 6. The number of nitrogens with zero attached hydrogens (tertiary/aromatic N) is 1. The number of ether oxygens (including phenoxy) is 3. The first-order valence-corrected chi connectivity index (χ1v) is 5.49.